The molecule has 0 radical (unpaired) electrons. The summed E-state index contributed by atoms with van der Waals surface area (Å²) >= 11 is 0. The Labute approximate surface area is 111 Å². The lowest BCUT2D eigenvalue weighted by molar-refractivity contribution is -0.117. The van der Waals surface area contributed by atoms with Gasteiger partial charge >= 0.3 is 5.97 Å². The van der Waals surface area contributed by atoms with E-state index in [1.165, 1.54) is 12.1 Å². The number of rotatable bonds is 6. The van der Waals surface area contributed by atoms with Crippen LogP contribution < -0.4 is 5.32 Å². The predicted molar refractivity (Wildman–Crippen MR) is 70.7 cm³/mol. The number of carboxylic acids is 1. The van der Waals surface area contributed by atoms with Crippen molar-refractivity contribution in [1.29, 1.82) is 0 Å². The van der Waals surface area contributed by atoms with Gasteiger partial charge in [0.1, 0.15) is 5.82 Å². The van der Waals surface area contributed by atoms with Crippen molar-refractivity contribution < 1.29 is 19.1 Å². The Morgan fingerprint density at radius 2 is 1.95 bits per heavy atom. The molecule has 0 saturated carbocycles. The molecule has 1 aromatic carbocycles. The standard InChI is InChI=1S/C14H18FNO3/c1-3-9(4-2)7-13(17)16-12-6-5-10(14(18)19)8-11(12)15/h5-6,8-9H,3-4,7H2,1-2H3,(H,16,17)(H,18,19). The molecule has 104 valence electrons. The summed E-state index contributed by atoms with van der Waals surface area (Å²) in [5, 5.41) is 11.2. The van der Waals surface area contributed by atoms with Crippen molar-refractivity contribution in [2.75, 3.05) is 5.32 Å². The molecule has 0 atom stereocenters. The third-order valence-corrected chi connectivity index (χ3v) is 3.12. The van der Waals surface area contributed by atoms with Crippen LogP contribution in [-0.4, -0.2) is 17.0 Å². The molecule has 5 heteroatoms. The molecule has 0 aliphatic rings. The molecule has 4 nitrogen and oxygen atoms in total. The van der Waals surface area contributed by atoms with Crippen molar-refractivity contribution in [3.63, 3.8) is 0 Å². The van der Waals surface area contributed by atoms with Crippen LogP contribution >= 0.6 is 0 Å². The second-order valence-corrected chi connectivity index (χ2v) is 4.43. The lowest BCUT2D eigenvalue weighted by Crippen LogP contribution is -2.17. The average molecular weight is 267 g/mol. The molecule has 0 unspecified atom stereocenters. The van der Waals surface area contributed by atoms with Gasteiger partial charge in [0.2, 0.25) is 5.91 Å². The van der Waals surface area contributed by atoms with Crippen LogP contribution in [0, 0.1) is 11.7 Å². The van der Waals surface area contributed by atoms with Crippen molar-refractivity contribution in [2.45, 2.75) is 33.1 Å². The Bertz CT molecular complexity index is 470. The highest BCUT2D eigenvalue weighted by molar-refractivity contribution is 5.92. The van der Waals surface area contributed by atoms with Crippen molar-refractivity contribution in [3.05, 3.63) is 29.6 Å². The zero-order chi connectivity index (χ0) is 14.4. The normalized spacial score (nSPS) is 10.5. The second kappa shape index (κ2) is 6.87. The van der Waals surface area contributed by atoms with Crippen molar-refractivity contribution in [2.24, 2.45) is 5.92 Å². The molecule has 0 bridgehead atoms. The summed E-state index contributed by atoms with van der Waals surface area (Å²) in [5.74, 6) is -1.91. The van der Waals surface area contributed by atoms with Gasteiger partial charge in [0.25, 0.3) is 0 Å². The zero-order valence-corrected chi connectivity index (χ0v) is 11.1. The smallest absolute Gasteiger partial charge is 0.335 e. The number of benzene rings is 1. The average Bonchev–Trinajstić information content (AvgIpc) is 2.38. The summed E-state index contributed by atoms with van der Waals surface area (Å²) in [4.78, 5) is 22.4. The molecule has 1 amide bonds. The minimum atomic E-state index is -1.20. The summed E-state index contributed by atoms with van der Waals surface area (Å²) in [6.07, 6.45) is 2.13. The van der Waals surface area contributed by atoms with Gasteiger partial charge < -0.3 is 10.4 Å². The van der Waals surface area contributed by atoms with E-state index in [1.807, 2.05) is 13.8 Å². The van der Waals surface area contributed by atoms with Gasteiger partial charge in [0.05, 0.1) is 11.3 Å². The molecular weight excluding hydrogens is 249 g/mol. The summed E-state index contributed by atoms with van der Waals surface area (Å²) in [6.45, 7) is 4.01. The Morgan fingerprint density at radius 3 is 2.42 bits per heavy atom. The summed E-state index contributed by atoms with van der Waals surface area (Å²) < 4.78 is 13.6. The van der Waals surface area contributed by atoms with Gasteiger partial charge in [-0.2, -0.15) is 0 Å². The molecule has 2 N–H and O–H groups in total. The van der Waals surface area contributed by atoms with E-state index < -0.39 is 11.8 Å². The third kappa shape index (κ3) is 4.35. The molecule has 0 aliphatic carbocycles. The summed E-state index contributed by atoms with van der Waals surface area (Å²) in [6, 6.07) is 3.43. The van der Waals surface area contributed by atoms with E-state index in [9.17, 15) is 14.0 Å². The van der Waals surface area contributed by atoms with E-state index in [2.05, 4.69) is 5.32 Å². The number of anilines is 1. The van der Waals surface area contributed by atoms with E-state index in [1.54, 1.807) is 0 Å². The maximum absolute atomic E-state index is 13.6. The Morgan fingerprint density at radius 1 is 1.32 bits per heavy atom. The van der Waals surface area contributed by atoms with Crippen LogP contribution in [-0.2, 0) is 4.79 Å². The van der Waals surface area contributed by atoms with Gasteiger partial charge in [0, 0.05) is 6.42 Å². The van der Waals surface area contributed by atoms with Gasteiger partial charge in [-0.05, 0) is 24.1 Å². The molecule has 0 heterocycles. The fourth-order valence-electron chi connectivity index (χ4n) is 1.79. The number of hydrogen-bond donors (Lipinski definition) is 2. The van der Waals surface area contributed by atoms with Crippen LogP contribution in [0.1, 0.15) is 43.5 Å². The lowest BCUT2D eigenvalue weighted by Gasteiger charge is -2.12. The monoisotopic (exact) mass is 267 g/mol. The zero-order valence-electron chi connectivity index (χ0n) is 11.1. The fourth-order valence-corrected chi connectivity index (χ4v) is 1.79. The molecule has 0 fully saturated rings. The SMILES string of the molecule is CCC(CC)CC(=O)Nc1ccc(C(=O)O)cc1F. The topological polar surface area (TPSA) is 66.4 Å². The Kier molecular flexibility index (Phi) is 5.48. The van der Waals surface area contributed by atoms with E-state index in [0.717, 1.165) is 18.9 Å². The van der Waals surface area contributed by atoms with Gasteiger partial charge in [-0.1, -0.05) is 26.7 Å². The van der Waals surface area contributed by atoms with Gasteiger partial charge in [0.15, 0.2) is 0 Å². The van der Waals surface area contributed by atoms with Crippen LogP contribution in [0.15, 0.2) is 18.2 Å². The molecule has 0 saturated heterocycles. The number of nitrogens with one attached hydrogen (secondary N) is 1. The number of carbonyl (C=O) groups excluding carboxylic acids is 1. The minimum absolute atomic E-state index is 0.0148. The van der Waals surface area contributed by atoms with Crippen LogP contribution in [0.3, 0.4) is 0 Å². The van der Waals surface area contributed by atoms with Crippen LogP contribution in [0.5, 0.6) is 0 Å². The number of aromatic carboxylic acids is 1. The minimum Gasteiger partial charge on any atom is -0.478 e. The van der Waals surface area contributed by atoms with E-state index in [4.69, 9.17) is 5.11 Å². The quantitative estimate of drug-likeness (QED) is 0.831. The Hall–Kier alpha value is -1.91. The molecule has 0 spiro atoms. The van der Waals surface area contributed by atoms with Crippen LogP contribution in [0.2, 0.25) is 0 Å². The maximum Gasteiger partial charge on any atom is 0.335 e. The molecule has 1 rings (SSSR count). The predicted octanol–water partition coefficient (Wildman–Crippen LogP) is 3.29. The highest BCUT2D eigenvalue weighted by atomic mass is 19.1. The molecule has 0 aliphatic heterocycles. The fraction of sp³-hybridized carbons (Fsp3) is 0.429. The maximum atomic E-state index is 13.6. The summed E-state index contributed by atoms with van der Waals surface area (Å²) in [5.41, 5.74) is -0.128. The molecule has 0 aromatic heterocycles. The number of carboxylic acid groups (broad SMARTS) is 1. The first-order chi connectivity index (χ1) is 8.97. The molecule has 1 aromatic rings. The molecular formula is C14H18FNO3. The van der Waals surface area contributed by atoms with Gasteiger partial charge in [-0.25, -0.2) is 9.18 Å². The van der Waals surface area contributed by atoms with Gasteiger partial charge in [-0.3, -0.25) is 4.79 Å². The highest BCUT2D eigenvalue weighted by Crippen LogP contribution is 2.18. The van der Waals surface area contributed by atoms with Crippen molar-refractivity contribution in [3.8, 4) is 0 Å². The third-order valence-electron chi connectivity index (χ3n) is 3.12. The Balaban J connectivity index is 2.72. The van der Waals surface area contributed by atoms with E-state index >= 15 is 0 Å². The van der Waals surface area contributed by atoms with Gasteiger partial charge in [-0.15, -0.1) is 0 Å². The number of amides is 1. The molecule has 19 heavy (non-hydrogen) atoms. The largest absolute Gasteiger partial charge is 0.478 e. The van der Waals surface area contributed by atoms with Crippen LogP contribution in [0.4, 0.5) is 10.1 Å². The number of hydrogen-bond acceptors (Lipinski definition) is 2. The summed E-state index contributed by atoms with van der Waals surface area (Å²) in [7, 11) is 0. The van der Waals surface area contributed by atoms with Crippen molar-refractivity contribution in [1.82, 2.24) is 0 Å². The first-order valence-electron chi connectivity index (χ1n) is 6.30. The highest BCUT2D eigenvalue weighted by Gasteiger charge is 2.13. The second-order valence-electron chi connectivity index (χ2n) is 4.43. The first kappa shape index (κ1) is 15.1. The van der Waals surface area contributed by atoms with Crippen LogP contribution in [0.25, 0.3) is 0 Å². The van der Waals surface area contributed by atoms with E-state index in [0.29, 0.717) is 6.42 Å². The first-order valence-corrected chi connectivity index (χ1v) is 6.30. The number of carbonyl (C=O) groups is 2. The lowest BCUT2D eigenvalue weighted by atomic mass is 9.99. The number of halogens is 1. The van der Waals surface area contributed by atoms with Crippen molar-refractivity contribution >= 4 is 17.6 Å². The van der Waals surface area contributed by atoms with E-state index in [-0.39, 0.29) is 23.1 Å².